The van der Waals surface area contributed by atoms with Crippen LogP contribution in [0.3, 0.4) is 0 Å². The van der Waals surface area contributed by atoms with Gasteiger partial charge in [-0.3, -0.25) is 0 Å². The molecular formula is C14H12N2. The molecule has 0 saturated carbocycles. The summed E-state index contributed by atoms with van der Waals surface area (Å²) in [6, 6.07) is 16.4. The molecule has 78 valence electrons. The Kier molecular flexibility index (Phi) is 2.08. The van der Waals surface area contributed by atoms with Crippen molar-refractivity contribution < 1.29 is 0 Å². The molecule has 2 aliphatic rings. The summed E-state index contributed by atoms with van der Waals surface area (Å²) in [5, 5.41) is 1.19. The van der Waals surface area contributed by atoms with Crippen LogP contribution in [0.2, 0.25) is 0 Å². The van der Waals surface area contributed by atoms with Gasteiger partial charge in [-0.25, -0.2) is 4.98 Å². The molecule has 0 radical (unpaired) electrons. The summed E-state index contributed by atoms with van der Waals surface area (Å²) in [7, 11) is 0. The normalized spacial score (nSPS) is 11.1. The maximum atomic E-state index is 5.72. The largest absolute Gasteiger partial charge is 0.326 e. The van der Waals surface area contributed by atoms with Gasteiger partial charge in [0.05, 0.1) is 11.2 Å². The van der Waals surface area contributed by atoms with Gasteiger partial charge in [0.1, 0.15) is 0 Å². The molecule has 2 heteroatoms. The summed E-state index contributed by atoms with van der Waals surface area (Å²) in [4.78, 5) is 4.65. The zero-order valence-corrected chi connectivity index (χ0v) is 8.85. The highest BCUT2D eigenvalue weighted by Gasteiger charge is 2.11. The highest BCUT2D eigenvalue weighted by atomic mass is 14.7. The minimum Gasteiger partial charge on any atom is -0.326 e. The van der Waals surface area contributed by atoms with Gasteiger partial charge in [-0.1, -0.05) is 42.5 Å². The van der Waals surface area contributed by atoms with Crippen LogP contribution in [0.15, 0.2) is 48.5 Å². The second kappa shape index (κ2) is 3.58. The molecule has 1 heterocycles. The number of para-hydroxylation sites is 1. The van der Waals surface area contributed by atoms with Gasteiger partial charge >= 0.3 is 0 Å². The first-order valence-electron chi connectivity index (χ1n) is 5.36. The fourth-order valence-corrected chi connectivity index (χ4v) is 2.09. The molecule has 1 aliphatic carbocycles. The van der Waals surface area contributed by atoms with Gasteiger partial charge in [-0.05, 0) is 11.6 Å². The van der Waals surface area contributed by atoms with Crippen molar-refractivity contribution in [1.29, 1.82) is 0 Å². The number of rotatable bonds is 1. The Balaban J connectivity index is 2.46. The highest BCUT2D eigenvalue weighted by Crippen LogP contribution is 2.31. The number of hydrogen-bond acceptors (Lipinski definition) is 2. The van der Waals surface area contributed by atoms with E-state index in [1.807, 2.05) is 36.4 Å². The zero-order valence-electron chi connectivity index (χ0n) is 8.85. The quantitative estimate of drug-likeness (QED) is 0.667. The predicted molar refractivity (Wildman–Crippen MR) is 66.3 cm³/mol. The van der Waals surface area contributed by atoms with E-state index in [4.69, 9.17) is 5.73 Å². The van der Waals surface area contributed by atoms with E-state index >= 15 is 0 Å². The molecule has 1 aromatic rings. The first kappa shape index (κ1) is 9.31. The van der Waals surface area contributed by atoms with Crippen molar-refractivity contribution in [3.05, 3.63) is 54.1 Å². The number of fused-ring (bicyclic) bond motifs is 3. The number of nitrogens with zero attached hydrogens (tertiary/aromatic N) is 1. The Labute approximate surface area is 94.1 Å². The summed E-state index contributed by atoms with van der Waals surface area (Å²) >= 11 is 0. The third kappa shape index (κ3) is 1.27. The van der Waals surface area contributed by atoms with Gasteiger partial charge in [0.25, 0.3) is 0 Å². The third-order valence-electron chi connectivity index (χ3n) is 2.88. The van der Waals surface area contributed by atoms with Crippen LogP contribution in [0.25, 0.3) is 22.2 Å². The van der Waals surface area contributed by atoms with Crippen molar-refractivity contribution in [3.63, 3.8) is 0 Å². The fraction of sp³-hybridized carbons (Fsp3) is 0.0714. The lowest BCUT2D eigenvalue weighted by Gasteiger charge is -1.96. The van der Waals surface area contributed by atoms with E-state index < -0.39 is 0 Å². The van der Waals surface area contributed by atoms with Gasteiger partial charge < -0.3 is 5.73 Å². The Morgan fingerprint density at radius 1 is 0.938 bits per heavy atom. The summed E-state index contributed by atoms with van der Waals surface area (Å²) in [6.07, 6.45) is 0. The molecule has 0 aromatic heterocycles. The lowest BCUT2D eigenvalue weighted by Crippen LogP contribution is -1.96. The summed E-state index contributed by atoms with van der Waals surface area (Å²) in [5.74, 6) is 0. The molecule has 2 nitrogen and oxygen atoms in total. The van der Waals surface area contributed by atoms with Crippen molar-refractivity contribution in [3.8, 4) is 11.3 Å². The molecule has 1 aromatic carbocycles. The predicted octanol–water partition coefficient (Wildman–Crippen LogP) is 2.80. The lowest BCUT2D eigenvalue weighted by atomic mass is 10.1. The number of aromatic nitrogens is 1. The van der Waals surface area contributed by atoms with Gasteiger partial charge in [0.2, 0.25) is 0 Å². The van der Waals surface area contributed by atoms with E-state index in [9.17, 15) is 0 Å². The first-order chi connectivity index (χ1) is 7.90. The van der Waals surface area contributed by atoms with E-state index in [2.05, 4.69) is 17.1 Å². The molecular weight excluding hydrogens is 196 g/mol. The number of benzene rings is 1. The van der Waals surface area contributed by atoms with Crippen molar-refractivity contribution >= 4 is 10.9 Å². The average Bonchev–Trinajstić information content (AvgIpc) is 2.52. The Bertz CT molecular complexity index is 616. The van der Waals surface area contributed by atoms with E-state index in [1.165, 1.54) is 10.9 Å². The minimum atomic E-state index is 0.535. The summed E-state index contributed by atoms with van der Waals surface area (Å²) < 4.78 is 0. The number of nitrogens with two attached hydrogens (primary N) is 1. The Morgan fingerprint density at radius 2 is 1.81 bits per heavy atom. The van der Waals surface area contributed by atoms with Crippen molar-refractivity contribution in [2.45, 2.75) is 6.54 Å². The molecule has 0 amide bonds. The van der Waals surface area contributed by atoms with Crippen molar-refractivity contribution in [2.75, 3.05) is 0 Å². The molecule has 0 atom stereocenters. The summed E-state index contributed by atoms with van der Waals surface area (Å²) in [5.41, 5.74) is 10.1. The third-order valence-corrected chi connectivity index (χ3v) is 2.88. The van der Waals surface area contributed by atoms with Gasteiger partial charge in [0, 0.05) is 17.5 Å². The van der Waals surface area contributed by atoms with Crippen LogP contribution < -0.4 is 5.73 Å². The van der Waals surface area contributed by atoms with Crippen LogP contribution in [-0.2, 0) is 6.54 Å². The minimum absolute atomic E-state index is 0.535. The molecule has 3 rings (SSSR count). The lowest BCUT2D eigenvalue weighted by molar-refractivity contribution is 1.08. The maximum Gasteiger partial charge on any atom is 0.0761 e. The monoisotopic (exact) mass is 208 g/mol. The first-order valence-corrected chi connectivity index (χ1v) is 5.36. The SMILES string of the molecule is NCc1cccc2c3cccccc-3nc12. The van der Waals surface area contributed by atoms with Crippen LogP contribution in [0.1, 0.15) is 5.56 Å². The van der Waals surface area contributed by atoms with E-state index in [-0.39, 0.29) is 0 Å². The maximum absolute atomic E-state index is 5.72. The second-order valence-electron chi connectivity index (χ2n) is 3.84. The van der Waals surface area contributed by atoms with E-state index in [0.717, 1.165) is 16.8 Å². The van der Waals surface area contributed by atoms with Gasteiger partial charge in [0.15, 0.2) is 0 Å². The molecule has 0 unspecified atom stereocenters. The highest BCUT2D eigenvalue weighted by molar-refractivity contribution is 5.98. The van der Waals surface area contributed by atoms with Crippen molar-refractivity contribution in [2.24, 2.45) is 5.73 Å². The topological polar surface area (TPSA) is 38.9 Å². The zero-order chi connectivity index (χ0) is 11.0. The molecule has 2 N–H and O–H groups in total. The van der Waals surface area contributed by atoms with Crippen molar-refractivity contribution in [1.82, 2.24) is 4.98 Å². The Hall–Kier alpha value is -1.93. The Morgan fingerprint density at radius 3 is 2.69 bits per heavy atom. The van der Waals surface area contributed by atoms with Gasteiger partial charge in [-0.15, -0.1) is 0 Å². The molecule has 0 fully saturated rings. The van der Waals surface area contributed by atoms with Crippen LogP contribution >= 0.6 is 0 Å². The van der Waals surface area contributed by atoms with Crippen LogP contribution in [0.4, 0.5) is 0 Å². The van der Waals surface area contributed by atoms with Crippen LogP contribution in [0, 0.1) is 0 Å². The molecule has 0 saturated heterocycles. The molecule has 1 aliphatic heterocycles. The van der Waals surface area contributed by atoms with E-state index in [0.29, 0.717) is 6.54 Å². The molecule has 16 heavy (non-hydrogen) atoms. The second-order valence-corrected chi connectivity index (χ2v) is 3.84. The smallest absolute Gasteiger partial charge is 0.0761 e. The fourth-order valence-electron chi connectivity index (χ4n) is 2.09. The summed E-state index contributed by atoms with van der Waals surface area (Å²) in [6.45, 7) is 0.535. The average molecular weight is 208 g/mol. The molecule has 0 bridgehead atoms. The molecule has 0 spiro atoms. The van der Waals surface area contributed by atoms with E-state index in [1.54, 1.807) is 0 Å². The standard InChI is InChI=1S/C14H12N2/c15-9-10-5-4-7-12-11-6-2-1-3-8-13(11)16-14(10)12/h1-8H,9,15H2. The van der Waals surface area contributed by atoms with Gasteiger partial charge in [-0.2, -0.15) is 0 Å². The van der Waals surface area contributed by atoms with Crippen LogP contribution in [-0.4, -0.2) is 4.98 Å². The van der Waals surface area contributed by atoms with Crippen LogP contribution in [0.5, 0.6) is 0 Å². The number of hydrogen-bond donors (Lipinski definition) is 1.